The Labute approximate surface area is 184 Å². The van der Waals surface area contributed by atoms with Crippen LogP contribution in [0.2, 0.25) is 0 Å². The first-order valence-corrected chi connectivity index (χ1v) is 9.88. The van der Waals surface area contributed by atoms with Gasteiger partial charge in [0.1, 0.15) is 11.3 Å². The summed E-state index contributed by atoms with van der Waals surface area (Å²) in [5.41, 5.74) is 4.99. The molecule has 0 fully saturated rings. The Kier molecular flexibility index (Phi) is 6.17. The molecule has 3 aromatic carbocycles. The van der Waals surface area contributed by atoms with E-state index in [1.54, 1.807) is 31.4 Å². The summed E-state index contributed by atoms with van der Waals surface area (Å²) in [5, 5.41) is 10.7. The molecule has 0 atom stereocenters. The number of nitrogens with zero attached hydrogens (tertiary/aromatic N) is 2. The van der Waals surface area contributed by atoms with Crippen molar-refractivity contribution < 1.29 is 9.53 Å². The van der Waals surface area contributed by atoms with Crippen LogP contribution in [-0.2, 0) is 0 Å². The van der Waals surface area contributed by atoms with E-state index >= 15 is 0 Å². The van der Waals surface area contributed by atoms with Crippen molar-refractivity contribution in [2.45, 2.75) is 0 Å². The molecule has 0 aliphatic carbocycles. The predicted molar refractivity (Wildman–Crippen MR) is 124 cm³/mol. The second kappa shape index (κ2) is 9.53. The van der Waals surface area contributed by atoms with E-state index in [4.69, 9.17) is 4.74 Å². The van der Waals surface area contributed by atoms with Crippen LogP contribution in [-0.4, -0.2) is 29.4 Å². The summed E-state index contributed by atoms with van der Waals surface area (Å²) >= 11 is 0. The summed E-state index contributed by atoms with van der Waals surface area (Å²) in [6.45, 7) is 0. The first-order valence-electron chi connectivity index (χ1n) is 9.88. The lowest BCUT2D eigenvalue weighted by Crippen LogP contribution is -2.28. The Balaban J connectivity index is 1.73. The van der Waals surface area contributed by atoms with Crippen LogP contribution in [0.25, 0.3) is 22.4 Å². The molecule has 4 aromatic rings. The third-order valence-electron chi connectivity index (χ3n) is 4.82. The van der Waals surface area contributed by atoms with Gasteiger partial charge in [-0.25, -0.2) is 10.5 Å². The van der Waals surface area contributed by atoms with Gasteiger partial charge in [-0.2, -0.15) is 10.2 Å². The molecule has 1 aromatic heterocycles. The number of benzene rings is 3. The Morgan fingerprint density at radius 3 is 2.19 bits per heavy atom. The molecule has 2 N–H and O–H groups in total. The van der Waals surface area contributed by atoms with Gasteiger partial charge in [0.25, 0.3) is 11.5 Å². The molecule has 158 valence electrons. The van der Waals surface area contributed by atoms with Crippen LogP contribution in [0.15, 0.2) is 94.8 Å². The van der Waals surface area contributed by atoms with E-state index in [0.717, 1.165) is 16.9 Å². The first-order chi connectivity index (χ1) is 15.7. The number of H-pyrrole nitrogens is 1. The largest absolute Gasteiger partial charge is 0.497 e. The molecule has 0 unspecified atom stereocenters. The van der Waals surface area contributed by atoms with Crippen LogP contribution < -0.4 is 15.7 Å². The quantitative estimate of drug-likeness (QED) is 0.363. The van der Waals surface area contributed by atoms with Crippen molar-refractivity contribution in [3.05, 3.63) is 106 Å². The van der Waals surface area contributed by atoms with Crippen molar-refractivity contribution in [3.8, 4) is 28.1 Å². The van der Waals surface area contributed by atoms with E-state index in [-0.39, 0.29) is 5.56 Å². The van der Waals surface area contributed by atoms with Crippen LogP contribution >= 0.6 is 0 Å². The molecule has 0 saturated heterocycles. The fourth-order valence-electron chi connectivity index (χ4n) is 3.27. The van der Waals surface area contributed by atoms with Gasteiger partial charge in [-0.05, 0) is 35.4 Å². The van der Waals surface area contributed by atoms with Crippen molar-refractivity contribution >= 4 is 12.1 Å². The van der Waals surface area contributed by atoms with Crippen LogP contribution in [0, 0.1) is 0 Å². The zero-order valence-corrected chi connectivity index (χ0v) is 17.3. The molecule has 7 nitrogen and oxygen atoms in total. The number of ether oxygens (including phenoxy) is 1. The van der Waals surface area contributed by atoms with E-state index in [1.807, 2.05) is 60.7 Å². The summed E-state index contributed by atoms with van der Waals surface area (Å²) < 4.78 is 5.13. The Morgan fingerprint density at radius 1 is 0.938 bits per heavy atom. The maximum Gasteiger partial charge on any atom is 0.277 e. The lowest BCUT2D eigenvalue weighted by Gasteiger charge is -2.12. The van der Waals surface area contributed by atoms with Gasteiger partial charge in [0.15, 0.2) is 0 Å². The topological polar surface area (TPSA) is 96.4 Å². The van der Waals surface area contributed by atoms with Crippen LogP contribution in [0.5, 0.6) is 5.75 Å². The number of hydrogen-bond donors (Lipinski definition) is 2. The molecular weight excluding hydrogens is 404 g/mol. The smallest absolute Gasteiger partial charge is 0.277 e. The fourth-order valence-corrected chi connectivity index (χ4v) is 3.27. The van der Waals surface area contributed by atoms with Gasteiger partial charge in [0, 0.05) is 11.1 Å². The van der Waals surface area contributed by atoms with Crippen LogP contribution in [0.1, 0.15) is 15.9 Å². The predicted octanol–water partition coefficient (Wildman–Crippen LogP) is 3.88. The minimum Gasteiger partial charge on any atom is -0.497 e. The summed E-state index contributed by atoms with van der Waals surface area (Å²) in [6.07, 6.45) is 1.49. The van der Waals surface area contributed by atoms with Gasteiger partial charge < -0.3 is 4.74 Å². The molecule has 0 aliphatic rings. The molecule has 1 heterocycles. The second-order valence-electron chi connectivity index (χ2n) is 6.86. The molecule has 0 bridgehead atoms. The van der Waals surface area contributed by atoms with Gasteiger partial charge in [-0.3, -0.25) is 9.59 Å². The maximum atomic E-state index is 13.0. The first kappa shape index (κ1) is 20.7. The Bertz CT molecular complexity index is 1300. The zero-order chi connectivity index (χ0) is 22.3. The Morgan fingerprint density at radius 2 is 1.56 bits per heavy atom. The number of nitrogens with one attached hydrogen (secondary N) is 2. The molecular formula is C25H20N4O3. The summed E-state index contributed by atoms with van der Waals surface area (Å²) in [5.74, 6) is 0.0879. The van der Waals surface area contributed by atoms with Gasteiger partial charge in [0.2, 0.25) is 0 Å². The standard InChI is InChI=1S/C25H20N4O3/c1-32-20-14-12-17(13-15-20)16-26-28-24(30)22-21(18-8-4-2-5-9-18)23(27-29-25(22)31)19-10-6-3-7-11-19/h2-16H,1H3,(H,28,30)(H,29,31)/b26-16+. The second-order valence-corrected chi connectivity index (χ2v) is 6.86. The number of carbonyl (C=O) groups is 1. The van der Waals surface area contributed by atoms with Crippen LogP contribution in [0.4, 0.5) is 0 Å². The number of amides is 1. The average molecular weight is 424 g/mol. The lowest BCUT2D eigenvalue weighted by molar-refractivity contribution is 0.0954. The highest BCUT2D eigenvalue weighted by Gasteiger charge is 2.22. The molecule has 0 radical (unpaired) electrons. The minimum absolute atomic E-state index is 0.0584. The van der Waals surface area contributed by atoms with E-state index in [9.17, 15) is 9.59 Å². The summed E-state index contributed by atoms with van der Waals surface area (Å²) in [4.78, 5) is 25.7. The Hall–Kier alpha value is -4.52. The van der Waals surface area contributed by atoms with Crippen molar-refractivity contribution in [1.82, 2.24) is 15.6 Å². The number of methoxy groups -OCH3 is 1. The highest BCUT2D eigenvalue weighted by molar-refractivity contribution is 6.03. The summed E-state index contributed by atoms with van der Waals surface area (Å²) in [6, 6.07) is 25.8. The lowest BCUT2D eigenvalue weighted by atomic mass is 9.95. The van der Waals surface area contributed by atoms with E-state index in [2.05, 4.69) is 20.7 Å². The molecule has 1 amide bonds. The number of aromatic amines is 1. The average Bonchev–Trinajstić information content (AvgIpc) is 2.85. The normalized spacial score (nSPS) is 10.8. The monoisotopic (exact) mass is 424 g/mol. The van der Waals surface area contributed by atoms with Crippen molar-refractivity contribution in [1.29, 1.82) is 0 Å². The molecule has 0 aliphatic heterocycles. The van der Waals surface area contributed by atoms with Crippen molar-refractivity contribution in [2.75, 3.05) is 7.11 Å². The van der Waals surface area contributed by atoms with Crippen molar-refractivity contribution in [3.63, 3.8) is 0 Å². The molecule has 32 heavy (non-hydrogen) atoms. The SMILES string of the molecule is COc1ccc(/C=N/NC(=O)c2c(-c3ccccc3)c(-c3ccccc3)n[nH]c2=O)cc1. The van der Waals surface area contributed by atoms with Gasteiger partial charge in [0.05, 0.1) is 19.0 Å². The van der Waals surface area contributed by atoms with Crippen molar-refractivity contribution in [2.24, 2.45) is 5.10 Å². The molecule has 4 rings (SSSR count). The van der Waals surface area contributed by atoms with Gasteiger partial charge in [-0.1, -0.05) is 60.7 Å². The highest BCUT2D eigenvalue weighted by atomic mass is 16.5. The molecule has 0 saturated carbocycles. The number of carbonyl (C=O) groups excluding carboxylic acids is 1. The minimum atomic E-state index is -0.630. The van der Waals surface area contributed by atoms with E-state index in [1.165, 1.54) is 6.21 Å². The molecule has 0 spiro atoms. The number of aromatic nitrogens is 2. The van der Waals surface area contributed by atoms with Gasteiger partial charge >= 0.3 is 0 Å². The summed E-state index contributed by atoms with van der Waals surface area (Å²) in [7, 11) is 1.59. The number of hydrazone groups is 1. The fraction of sp³-hybridized carbons (Fsp3) is 0.0400. The van der Waals surface area contributed by atoms with E-state index < -0.39 is 11.5 Å². The van der Waals surface area contributed by atoms with E-state index in [0.29, 0.717) is 16.8 Å². The zero-order valence-electron chi connectivity index (χ0n) is 17.3. The maximum absolute atomic E-state index is 13.0. The third kappa shape index (κ3) is 4.46. The number of hydrogen-bond acceptors (Lipinski definition) is 5. The highest BCUT2D eigenvalue weighted by Crippen LogP contribution is 2.31. The third-order valence-corrected chi connectivity index (χ3v) is 4.82. The number of rotatable bonds is 6. The van der Waals surface area contributed by atoms with Crippen LogP contribution in [0.3, 0.4) is 0 Å². The van der Waals surface area contributed by atoms with Gasteiger partial charge in [-0.15, -0.1) is 0 Å². The molecule has 7 heteroatoms.